The first-order valence-electron chi connectivity index (χ1n) is 6.55. The standard InChI is InChI=1S/C11H23N3O2S2/c1-17-11(5-6-11)9-13-18(15,16)14-7-3-2-4-10(14)8-12/h10,13H,2-9,12H2,1H3. The first-order chi connectivity index (χ1) is 8.53. The average Bonchev–Trinajstić information content (AvgIpc) is 3.17. The highest BCUT2D eigenvalue weighted by molar-refractivity contribution is 8.00. The number of rotatable bonds is 6. The van der Waals surface area contributed by atoms with Gasteiger partial charge in [-0.3, -0.25) is 0 Å². The molecule has 1 saturated heterocycles. The van der Waals surface area contributed by atoms with E-state index in [9.17, 15) is 8.42 Å². The van der Waals surface area contributed by atoms with Crippen LogP contribution in [0.1, 0.15) is 32.1 Å². The van der Waals surface area contributed by atoms with Crippen LogP contribution in [0.2, 0.25) is 0 Å². The highest BCUT2D eigenvalue weighted by Crippen LogP contribution is 2.46. The molecular weight excluding hydrogens is 270 g/mol. The summed E-state index contributed by atoms with van der Waals surface area (Å²) in [4.78, 5) is 0. The van der Waals surface area contributed by atoms with Crippen LogP contribution in [0.5, 0.6) is 0 Å². The number of nitrogens with zero attached hydrogens (tertiary/aromatic N) is 1. The maximum Gasteiger partial charge on any atom is 0.279 e. The molecule has 0 aromatic heterocycles. The van der Waals surface area contributed by atoms with Gasteiger partial charge in [-0.1, -0.05) is 6.42 Å². The van der Waals surface area contributed by atoms with Crippen molar-refractivity contribution in [2.45, 2.75) is 42.9 Å². The molecule has 3 N–H and O–H groups in total. The van der Waals surface area contributed by atoms with Crippen LogP contribution in [0.3, 0.4) is 0 Å². The van der Waals surface area contributed by atoms with Crippen molar-refractivity contribution in [1.82, 2.24) is 9.03 Å². The summed E-state index contributed by atoms with van der Waals surface area (Å²) in [6.45, 7) is 1.56. The Morgan fingerprint density at radius 1 is 1.44 bits per heavy atom. The maximum absolute atomic E-state index is 12.3. The molecule has 1 saturated carbocycles. The number of piperidine rings is 1. The van der Waals surface area contributed by atoms with Crippen molar-refractivity contribution in [3.63, 3.8) is 0 Å². The molecule has 1 aliphatic heterocycles. The Morgan fingerprint density at radius 2 is 2.17 bits per heavy atom. The average molecular weight is 293 g/mol. The van der Waals surface area contributed by atoms with Gasteiger partial charge < -0.3 is 5.73 Å². The Kier molecular flexibility index (Phi) is 4.59. The zero-order chi connectivity index (χ0) is 13.2. The molecule has 7 heteroatoms. The van der Waals surface area contributed by atoms with Gasteiger partial charge in [-0.15, -0.1) is 0 Å². The van der Waals surface area contributed by atoms with Gasteiger partial charge in [-0.05, 0) is 31.9 Å². The van der Waals surface area contributed by atoms with Crippen LogP contribution in [0, 0.1) is 0 Å². The monoisotopic (exact) mass is 293 g/mol. The van der Waals surface area contributed by atoms with Crippen molar-refractivity contribution in [2.24, 2.45) is 5.73 Å². The minimum atomic E-state index is -3.36. The highest BCUT2D eigenvalue weighted by Gasteiger charge is 2.43. The summed E-state index contributed by atoms with van der Waals surface area (Å²) >= 11 is 1.76. The third kappa shape index (κ3) is 3.19. The van der Waals surface area contributed by atoms with Gasteiger partial charge >= 0.3 is 0 Å². The van der Waals surface area contributed by atoms with Gasteiger partial charge in [0.25, 0.3) is 10.2 Å². The molecule has 0 spiro atoms. The molecule has 1 heterocycles. The quantitative estimate of drug-likeness (QED) is 0.749. The van der Waals surface area contributed by atoms with Crippen LogP contribution in [0.25, 0.3) is 0 Å². The molecule has 0 bridgehead atoms. The van der Waals surface area contributed by atoms with Crippen molar-refractivity contribution in [2.75, 3.05) is 25.9 Å². The van der Waals surface area contributed by atoms with Gasteiger partial charge in [0.1, 0.15) is 0 Å². The second kappa shape index (κ2) is 5.66. The predicted octanol–water partition coefficient (Wildman–Crippen LogP) is 0.530. The molecule has 106 valence electrons. The van der Waals surface area contributed by atoms with Crippen LogP contribution in [0.15, 0.2) is 0 Å². The Balaban J connectivity index is 1.96. The summed E-state index contributed by atoms with van der Waals surface area (Å²) in [5.41, 5.74) is 5.67. The molecule has 0 aromatic rings. The van der Waals surface area contributed by atoms with Crippen LogP contribution in [-0.4, -0.2) is 49.4 Å². The van der Waals surface area contributed by atoms with Crippen molar-refractivity contribution < 1.29 is 8.42 Å². The Bertz CT molecular complexity index is 382. The van der Waals surface area contributed by atoms with Crippen LogP contribution >= 0.6 is 11.8 Å². The normalized spacial score (nSPS) is 28.2. The molecule has 2 aliphatic rings. The fourth-order valence-electron chi connectivity index (χ4n) is 2.42. The molecule has 5 nitrogen and oxygen atoms in total. The van der Waals surface area contributed by atoms with Crippen molar-refractivity contribution in [1.29, 1.82) is 0 Å². The lowest BCUT2D eigenvalue weighted by Crippen LogP contribution is -2.52. The lowest BCUT2D eigenvalue weighted by Gasteiger charge is -2.34. The molecule has 18 heavy (non-hydrogen) atoms. The fraction of sp³-hybridized carbons (Fsp3) is 1.00. The van der Waals surface area contributed by atoms with Crippen molar-refractivity contribution >= 4 is 22.0 Å². The van der Waals surface area contributed by atoms with E-state index in [1.54, 1.807) is 16.1 Å². The number of thioether (sulfide) groups is 1. The minimum absolute atomic E-state index is 0.0271. The number of hydrogen-bond acceptors (Lipinski definition) is 4. The molecular formula is C11H23N3O2S2. The molecule has 2 rings (SSSR count). The lowest BCUT2D eigenvalue weighted by molar-refractivity contribution is 0.254. The molecule has 1 unspecified atom stereocenters. The van der Waals surface area contributed by atoms with E-state index in [0.29, 0.717) is 19.6 Å². The van der Waals surface area contributed by atoms with E-state index in [-0.39, 0.29) is 10.8 Å². The molecule has 2 fully saturated rings. The van der Waals surface area contributed by atoms with Crippen molar-refractivity contribution in [3.8, 4) is 0 Å². The third-order valence-electron chi connectivity index (χ3n) is 3.97. The summed E-state index contributed by atoms with van der Waals surface area (Å²) in [5, 5.41) is 0. The summed E-state index contributed by atoms with van der Waals surface area (Å²) in [6.07, 6.45) is 7.15. The van der Waals surface area contributed by atoms with E-state index in [1.807, 2.05) is 6.26 Å². The first-order valence-corrected chi connectivity index (χ1v) is 9.21. The topological polar surface area (TPSA) is 75.4 Å². The molecule has 0 amide bonds. The second-order valence-electron chi connectivity index (χ2n) is 5.21. The minimum Gasteiger partial charge on any atom is -0.329 e. The Hall–Kier alpha value is 0.180. The van der Waals surface area contributed by atoms with E-state index in [4.69, 9.17) is 5.73 Å². The molecule has 1 aliphatic carbocycles. The highest BCUT2D eigenvalue weighted by atomic mass is 32.2. The van der Waals surface area contributed by atoms with Gasteiger partial charge in [-0.25, -0.2) is 4.72 Å². The van der Waals surface area contributed by atoms with Gasteiger partial charge in [0.05, 0.1) is 0 Å². The van der Waals surface area contributed by atoms with E-state index in [0.717, 1.165) is 32.1 Å². The Labute approximate surface area is 114 Å². The number of hydrogen-bond donors (Lipinski definition) is 2. The van der Waals surface area contributed by atoms with E-state index >= 15 is 0 Å². The van der Waals surface area contributed by atoms with E-state index in [1.165, 1.54) is 0 Å². The van der Waals surface area contributed by atoms with Crippen LogP contribution in [-0.2, 0) is 10.2 Å². The Morgan fingerprint density at radius 3 is 2.72 bits per heavy atom. The second-order valence-corrected chi connectivity index (χ2v) is 8.19. The molecule has 0 aromatic carbocycles. The zero-order valence-electron chi connectivity index (χ0n) is 10.9. The van der Waals surface area contributed by atoms with Gasteiger partial charge in [0, 0.05) is 30.4 Å². The zero-order valence-corrected chi connectivity index (χ0v) is 12.5. The van der Waals surface area contributed by atoms with Gasteiger partial charge in [0.2, 0.25) is 0 Å². The van der Waals surface area contributed by atoms with Gasteiger partial charge in [-0.2, -0.15) is 24.5 Å². The van der Waals surface area contributed by atoms with E-state index < -0.39 is 10.2 Å². The summed E-state index contributed by atoms with van der Waals surface area (Å²) in [5.74, 6) is 0. The van der Waals surface area contributed by atoms with E-state index in [2.05, 4.69) is 4.72 Å². The molecule has 1 atom stereocenters. The summed E-state index contributed by atoms with van der Waals surface area (Å²) in [7, 11) is -3.36. The molecule has 0 radical (unpaired) electrons. The largest absolute Gasteiger partial charge is 0.329 e. The summed E-state index contributed by atoms with van der Waals surface area (Å²) < 4.78 is 29.1. The fourth-order valence-corrected chi connectivity index (χ4v) is 4.82. The SMILES string of the molecule is CSC1(CNS(=O)(=O)N2CCCCC2CN)CC1. The lowest BCUT2D eigenvalue weighted by atomic mass is 10.1. The van der Waals surface area contributed by atoms with Crippen LogP contribution < -0.4 is 10.5 Å². The third-order valence-corrected chi connectivity index (χ3v) is 7.00. The summed E-state index contributed by atoms with van der Waals surface area (Å²) in [6, 6.07) is -0.0271. The van der Waals surface area contributed by atoms with Crippen molar-refractivity contribution in [3.05, 3.63) is 0 Å². The van der Waals surface area contributed by atoms with Crippen LogP contribution in [0.4, 0.5) is 0 Å². The number of nitrogens with one attached hydrogen (secondary N) is 1. The first kappa shape index (κ1) is 14.6. The maximum atomic E-state index is 12.3. The predicted molar refractivity (Wildman–Crippen MR) is 75.8 cm³/mol. The van der Waals surface area contributed by atoms with Gasteiger partial charge in [0.15, 0.2) is 0 Å². The number of nitrogens with two attached hydrogens (primary N) is 1. The smallest absolute Gasteiger partial charge is 0.279 e.